The zero-order chi connectivity index (χ0) is 19.9. The summed E-state index contributed by atoms with van der Waals surface area (Å²) in [5.74, 6) is -1.33. The first kappa shape index (κ1) is 19.4. The van der Waals surface area contributed by atoms with Crippen LogP contribution < -0.4 is 10.1 Å². The largest absolute Gasteiger partial charge is 0.485 e. The van der Waals surface area contributed by atoms with E-state index < -0.39 is 29.2 Å². The minimum atomic E-state index is -1.39. The highest BCUT2D eigenvalue weighted by atomic mass is 19.1. The molecular weight excluding hydrogens is 372 g/mol. The molecule has 0 aliphatic rings. The zero-order valence-electron chi connectivity index (χ0n) is 14.9. The van der Waals surface area contributed by atoms with Crippen molar-refractivity contribution in [3.8, 4) is 5.75 Å². The molecule has 0 aliphatic carbocycles. The van der Waals surface area contributed by atoms with Crippen LogP contribution in [0.2, 0.25) is 0 Å². The SMILES string of the molecule is COC(C(=O)NCc1ccc(OCc2nn[nH]n2)cc1)c1c(F)cccc1F. The molecule has 1 heterocycles. The molecule has 2 N–H and O–H groups in total. The first-order valence-electron chi connectivity index (χ1n) is 8.27. The molecular formula is C18H17F2N5O3. The van der Waals surface area contributed by atoms with E-state index in [0.717, 1.165) is 17.7 Å². The average molecular weight is 389 g/mol. The Kier molecular flexibility index (Phi) is 6.22. The van der Waals surface area contributed by atoms with Crippen molar-refractivity contribution in [1.29, 1.82) is 0 Å². The zero-order valence-corrected chi connectivity index (χ0v) is 14.9. The fourth-order valence-electron chi connectivity index (χ4n) is 2.49. The smallest absolute Gasteiger partial charge is 0.254 e. The summed E-state index contributed by atoms with van der Waals surface area (Å²) >= 11 is 0. The van der Waals surface area contributed by atoms with E-state index >= 15 is 0 Å². The number of rotatable bonds is 8. The lowest BCUT2D eigenvalue weighted by atomic mass is 10.1. The van der Waals surface area contributed by atoms with E-state index in [1.54, 1.807) is 24.3 Å². The van der Waals surface area contributed by atoms with Crippen LogP contribution in [0, 0.1) is 11.6 Å². The van der Waals surface area contributed by atoms with E-state index in [-0.39, 0.29) is 13.2 Å². The molecule has 0 fully saturated rings. The van der Waals surface area contributed by atoms with Crippen LogP contribution in [0.15, 0.2) is 42.5 Å². The molecule has 1 atom stereocenters. The number of hydrogen-bond donors (Lipinski definition) is 2. The number of nitrogens with zero attached hydrogens (tertiary/aromatic N) is 3. The number of methoxy groups -OCH3 is 1. The van der Waals surface area contributed by atoms with Crippen molar-refractivity contribution in [1.82, 2.24) is 25.9 Å². The molecule has 3 rings (SSSR count). The highest BCUT2D eigenvalue weighted by Gasteiger charge is 2.26. The van der Waals surface area contributed by atoms with Crippen LogP contribution in [-0.2, 0) is 22.7 Å². The third-order valence-electron chi connectivity index (χ3n) is 3.88. The predicted octanol–water partition coefficient (Wildman–Crippen LogP) is 2.06. The molecule has 0 saturated carbocycles. The summed E-state index contributed by atoms with van der Waals surface area (Å²) in [4.78, 5) is 12.3. The summed E-state index contributed by atoms with van der Waals surface area (Å²) in [5.41, 5.74) is 0.344. The first-order chi connectivity index (χ1) is 13.6. The van der Waals surface area contributed by atoms with Crippen molar-refractivity contribution in [2.45, 2.75) is 19.3 Å². The first-order valence-corrected chi connectivity index (χ1v) is 8.27. The van der Waals surface area contributed by atoms with E-state index in [4.69, 9.17) is 9.47 Å². The number of benzene rings is 2. The van der Waals surface area contributed by atoms with Crippen LogP contribution in [0.4, 0.5) is 8.78 Å². The number of aromatic amines is 1. The van der Waals surface area contributed by atoms with Crippen LogP contribution in [0.1, 0.15) is 23.1 Å². The number of amides is 1. The number of halogens is 2. The Bertz CT molecular complexity index is 899. The fraction of sp³-hybridized carbons (Fsp3) is 0.222. The molecule has 1 amide bonds. The number of carbonyl (C=O) groups excluding carboxylic acids is 1. The molecule has 0 bridgehead atoms. The van der Waals surface area contributed by atoms with Crippen molar-refractivity contribution in [2.75, 3.05) is 7.11 Å². The number of ether oxygens (including phenoxy) is 2. The molecule has 8 nitrogen and oxygen atoms in total. The molecule has 28 heavy (non-hydrogen) atoms. The van der Waals surface area contributed by atoms with Crippen molar-refractivity contribution in [3.05, 3.63) is 71.1 Å². The number of carbonyl (C=O) groups is 1. The van der Waals surface area contributed by atoms with Gasteiger partial charge >= 0.3 is 0 Å². The second-order valence-electron chi connectivity index (χ2n) is 5.73. The monoisotopic (exact) mass is 389 g/mol. The maximum atomic E-state index is 13.9. The van der Waals surface area contributed by atoms with Crippen molar-refractivity contribution in [2.24, 2.45) is 0 Å². The Morgan fingerprint density at radius 3 is 2.50 bits per heavy atom. The molecule has 0 spiro atoms. The summed E-state index contributed by atoms with van der Waals surface area (Å²) in [6.07, 6.45) is -1.39. The third kappa shape index (κ3) is 4.65. The minimum Gasteiger partial charge on any atom is -0.485 e. The second kappa shape index (κ2) is 9.00. The van der Waals surface area contributed by atoms with Gasteiger partial charge in [-0.2, -0.15) is 5.21 Å². The summed E-state index contributed by atoms with van der Waals surface area (Å²) in [5, 5.41) is 15.9. The van der Waals surface area contributed by atoms with Gasteiger partial charge in [-0.25, -0.2) is 8.78 Å². The van der Waals surface area contributed by atoms with Gasteiger partial charge in [0.15, 0.2) is 12.7 Å². The van der Waals surface area contributed by atoms with Crippen molar-refractivity contribution >= 4 is 5.91 Å². The minimum absolute atomic E-state index is 0.153. The normalized spacial score (nSPS) is 11.8. The Morgan fingerprint density at radius 1 is 1.18 bits per heavy atom. The molecule has 2 aromatic carbocycles. The Balaban J connectivity index is 1.57. The number of H-pyrrole nitrogens is 1. The van der Waals surface area contributed by atoms with Gasteiger partial charge in [-0.3, -0.25) is 4.79 Å². The van der Waals surface area contributed by atoms with Gasteiger partial charge in [0.25, 0.3) is 5.91 Å². The van der Waals surface area contributed by atoms with Gasteiger partial charge in [0, 0.05) is 13.7 Å². The highest BCUT2D eigenvalue weighted by Crippen LogP contribution is 2.23. The lowest BCUT2D eigenvalue weighted by molar-refractivity contribution is -0.131. The van der Waals surface area contributed by atoms with Crippen molar-refractivity contribution in [3.63, 3.8) is 0 Å². The summed E-state index contributed by atoms with van der Waals surface area (Å²) < 4.78 is 38.3. The average Bonchev–Trinajstić information content (AvgIpc) is 3.22. The van der Waals surface area contributed by atoms with Gasteiger partial charge < -0.3 is 14.8 Å². The Hall–Kier alpha value is -3.40. The van der Waals surface area contributed by atoms with Gasteiger partial charge in [-0.05, 0) is 29.8 Å². The van der Waals surface area contributed by atoms with Gasteiger partial charge in [0.2, 0.25) is 5.82 Å². The topological polar surface area (TPSA) is 102 Å². The lowest BCUT2D eigenvalue weighted by Gasteiger charge is -2.17. The molecule has 0 radical (unpaired) electrons. The van der Waals surface area contributed by atoms with Crippen LogP contribution in [0.3, 0.4) is 0 Å². The lowest BCUT2D eigenvalue weighted by Crippen LogP contribution is -2.31. The second-order valence-corrected chi connectivity index (χ2v) is 5.73. The van der Waals surface area contributed by atoms with E-state index in [1.165, 1.54) is 13.2 Å². The van der Waals surface area contributed by atoms with Gasteiger partial charge in [0.1, 0.15) is 17.4 Å². The standard InChI is InChI=1S/C18H17F2N5O3/c1-27-17(16-13(19)3-2-4-14(16)20)18(26)21-9-11-5-7-12(8-6-11)28-10-15-22-24-25-23-15/h2-8,17H,9-10H2,1H3,(H,21,26)(H,22,23,24,25). The molecule has 0 saturated heterocycles. The summed E-state index contributed by atoms with van der Waals surface area (Å²) in [7, 11) is 1.21. The molecule has 1 unspecified atom stereocenters. The van der Waals surface area contributed by atoms with Crippen LogP contribution in [0.5, 0.6) is 5.75 Å². The fourth-order valence-corrected chi connectivity index (χ4v) is 2.49. The summed E-state index contributed by atoms with van der Waals surface area (Å²) in [6, 6.07) is 10.3. The number of hydrogen-bond acceptors (Lipinski definition) is 6. The third-order valence-corrected chi connectivity index (χ3v) is 3.88. The quantitative estimate of drug-likeness (QED) is 0.612. The maximum Gasteiger partial charge on any atom is 0.254 e. The van der Waals surface area contributed by atoms with E-state index in [2.05, 4.69) is 25.9 Å². The molecule has 3 aromatic rings. The van der Waals surface area contributed by atoms with Gasteiger partial charge in [-0.1, -0.05) is 23.4 Å². The molecule has 0 aliphatic heterocycles. The highest BCUT2D eigenvalue weighted by molar-refractivity contribution is 5.82. The van der Waals surface area contributed by atoms with Crippen LogP contribution in [-0.4, -0.2) is 33.6 Å². The van der Waals surface area contributed by atoms with E-state index in [0.29, 0.717) is 11.6 Å². The number of nitrogens with one attached hydrogen (secondary N) is 2. The molecule has 146 valence electrons. The van der Waals surface area contributed by atoms with Gasteiger partial charge in [0.05, 0.1) is 5.56 Å². The van der Waals surface area contributed by atoms with Crippen LogP contribution in [0.25, 0.3) is 0 Å². The van der Waals surface area contributed by atoms with E-state index in [1.807, 2.05) is 0 Å². The Labute approximate surface area is 158 Å². The maximum absolute atomic E-state index is 13.9. The number of aromatic nitrogens is 4. The molecule has 10 heteroatoms. The summed E-state index contributed by atoms with van der Waals surface area (Å²) in [6.45, 7) is 0.316. The van der Waals surface area contributed by atoms with E-state index in [9.17, 15) is 13.6 Å². The number of tetrazole rings is 1. The van der Waals surface area contributed by atoms with Crippen LogP contribution >= 0.6 is 0 Å². The van der Waals surface area contributed by atoms with Crippen molar-refractivity contribution < 1.29 is 23.0 Å². The predicted molar refractivity (Wildman–Crippen MR) is 92.9 cm³/mol. The van der Waals surface area contributed by atoms with Gasteiger partial charge in [-0.15, -0.1) is 10.2 Å². The Morgan fingerprint density at radius 2 is 1.89 bits per heavy atom. The molecule has 1 aromatic heterocycles.